The van der Waals surface area contributed by atoms with Gasteiger partial charge in [-0.15, -0.1) is 0 Å². The summed E-state index contributed by atoms with van der Waals surface area (Å²) in [6.07, 6.45) is 19.0. The summed E-state index contributed by atoms with van der Waals surface area (Å²) >= 11 is 0. The molecule has 0 N–H and O–H groups in total. The fraction of sp³-hybridized carbons (Fsp3) is 0.786. The Morgan fingerprint density at radius 3 is 1.89 bits per heavy atom. The summed E-state index contributed by atoms with van der Waals surface area (Å²) in [5.74, 6) is 3.74. The Labute approximate surface area is 227 Å². The first-order chi connectivity index (χ1) is 16.4. The van der Waals surface area contributed by atoms with Gasteiger partial charge in [0.1, 0.15) is 6.71 Å². The smallest absolute Gasteiger partial charge is 0.266 e. The molecule has 3 nitrogen and oxygen atoms in total. The normalized spacial score (nSPS) is 33.6. The minimum atomic E-state index is -3.66. The van der Waals surface area contributed by atoms with Crippen LogP contribution < -0.4 is 18.9 Å². The van der Waals surface area contributed by atoms with Crippen LogP contribution in [0.25, 0.3) is 0 Å². The van der Waals surface area contributed by atoms with Crippen LogP contribution in [0, 0.1) is 6.92 Å². The molecular formula is C28H45B2LiO3S. The number of hydrogen-bond donors (Lipinski definition) is 0. The molecular weight excluding hydrogens is 445 g/mol. The van der Waals surface area contributed by atoms with Crippen molar-refractivity contribution >= 4 is 23.0 Å². The van der Waals surface area contributed by atoms with Crippen molar-refractivity contribution in [2.45, 2.75) is 138 Å². The molecule has 188 valence electrons. The summed E-state index contributed by atoms with van der Waals surface area (Å²) in [6, 6.07) is 7.03. The molecule has 4 heterocycles. The zero-order valence-electron chi connectivity index (χ0n) is 22.6. The number of benzene rings is 1. The van der Waals surface area contributed by atoms with Gasteiger partial charge in [0.15, 0.2) is 0 Å². The van der Waals surface area contributed by atoms with E-state index in [1.54, 1.807) is 12.1 Å². The molecule has 4 fully saturated rings. The Balaban J connectivity index is 0.00000289. The molecule has 4 aliphatic heterocycles. The zero-order chi connectivity index (χ0) is 23.8. The van der Waals surface area contributed by atoms with Crippen LogP contribution >= 0.6 is 0 Å². The Hall–Kier alpha value is -0.143. The summed E-state index contributed by atoms with van der Waals surface area (Å²) in [4.78, 5) is 0.287. The summed E-state index contributed by atoms with van der Waals surface area (Å²) in [6.45, 7) is 5.94. The molecule has 7 heteroatoms. The minimum absolute atomic E-state index is 0. The van der Waals surface area contributed by atoms with Crippen LogP contribution in [0.4, 0.5) is 0 Å². The van der Waals surface area contributed by atoms with E-state index < -0.39 is 16.3 Å². The van der Waals surface area contributed by atoms with Crippen LogP contribution in [0.2, 0.25) is 35.8 Å². The Morgan fingerprint density at radius 2 is 1.37 bits per heavy atom. The van der Waals surface area contributed by atoms with Gasteiger partial charge in [-0.3, -0.25) is 4.18 Å². The quantitative estimate of drug-likeness (QED) is 0.287. The largest absolute Gasteiger partial charge is 1.00 e. The predicted molar refractivity (Wildman–Crippen MR) is 145 cm³/mol. The molecule has 4 saturated heterocycles. The molecule has 0 radical (unpaired) electrons. The van der Waals surface area contributed by atoms with Gasteiger partial charge in [0.2, 0.25) is 0 Å². The molecule has 1 aromatic carbocycles. The van der Waals surface area contributed by atoms with E-state index in [9.17, 15) is 8.42 Å². The van der Waals surface area contributed by atoms with Crippen molar-refractivity contribution in [3.63, 3.8) is 0 Å². The van der Waals surface area contributed by atoms with Crippen molar-refractivity contribution in [3.8, 4) is 0 Å². The van der Waals surface area contributed by atoms with Gasteiger partial charge in [-0.05, 0) is 25.5 Å². The molecule has 1 unspecified atom stereocenters. The molecule has 0 aromatic heterocycles. The van der Waals surface area contributed by atoms with E-state index >= 15 is 0 Å². The number of aryl methyl sites for hydroxylation is 1. The first kappa shape index (κ1) is 27.9. The first-order valence-electron chi connectivity index (χ1n) is 14.6. The van der Waals surface area contributed by atoms with Gasteiger partial charge in [0, 0.05) is 6.15 Å². The third-order valence-corrected chi connectivity index (χ3v) is 12.7. The van der Waals surface area contributed by atoms with E-state index in [-0.39, 0.29) is 23.8 Å². The second-order valence-corrected chi connectivity index (χ2v) is 14.4. The van der Waals surface area contributed by atoms with E-state index in [4.69, 9.17) is 4.18 Å². The van der Waals surface area contributed by atoms with Gasteiger partial charge < -0.3 is 0 Å². The van der Waals surface area contributed by atoms with Crippen LogP contribution in [0.5, 0.6) is 0 Å². The van der Waals surface area contributed by atoms with Gasteiger partial charge in [0.05, 0.1) is 11.5 Å². The summed E-state index contributed by atoms with van der Waals surface area (Å²) in [7, 11) is -3.66. The maximum Gasteiger partial charge on any atom is 1.00 e. The number of fused-ring (bicyclic) bond motifs is 4. The van der Waals surface area contributed by atoms with Gasteiger partial charge in [-0.1, -0.05) is 113 Å². The second-order valence-electron chi connectivity index (χ2n) is 12.8. The van der Waals surface area contributed by atoms with E-state index in [0.717, 1.165) is 47.7 Å². The maximum absolute atomic E-state index is 12.8. The Kier molecular flexibility index (Phi) is 9.33. The molecule has 1 atom stereocenters. The molecule has 0 amide bonds. The second kappa shape index (κ2) is 11.7. The summed E-state index contributed by atoms with van der Waals surface area (Å²) in [5, 5.41) is 0. The van der Waals surface area contributed by atoms with Crippen molar-refractivity contribution in [3.05, 3.63) is 29.8 Å². The zero-order valence-corrected chi connectivity index (χ0v) is 23.4. The Bertz CT molecular complexity index is 894. The number of hydrogen-bond acceptors (Lipinski definition) is 3. The van der Waals surface area contributed by atoms with E-state index in [1.165, 1.54) is 83.5 Å². The summed E-state index contributed by atoms with van der Waals surface area (Å²) < 4.78 is 31.1. The fourth-order valence-corrected chi connectivity index (χ4v) is 10.8. The molecule has 35 heavy (non-hydrogen) atoms. The maximum atomic E-state index is 12.8. The SMILES string of the molecule is Cc1ccc(S(=O)(=O)OCCCC(B2C3CCCC2CCC3)[B-]2(C)C3CCCC2CCC3)cc1.[Li+]. The van der Waals surface area contributed by atoms with Gasteiger partial charge in [0.25, 0.3) is 10.1 Å². The first-order valence-corrected chi connectivity index (χ1v) is 16.0. The fourth-order valence-electron chi connectivity index (χ4n) is 9.81. The van der Waals surface area contributed by atoms with E-state index in [1.807, 2.05) is 19.1 Å². The molecule has 5 rings (SSSR count). The third kappa shape index (κ3) is 5.67. The molecule has 0 aliphatic carbocycles. The average Bonchev–Trinajstić information content (AvgIpc) is 2.78. The van der Waals surface area contributed by atoms with Crippen LogP contribution in [-0.4, -0.2) is 27.9 Å². The minimum Gasteiger partial charge on any atom is -0.266 e. The van der Waals surface area contributed by atoms with Crippen molar-refractivity contribution in [2.24, 2.45) is 0 Å². The molecule has 0 spiro atoms. The van der Waals surface area contributed by atoms with Crippen molar-refractivity contribution in [1.29, 1.82) is 0 Å². The Morgan fingerprint density at radius 1 is 0.886 bits per heavy atom. The molecule has 4 bridgehead atoms. The predicted octanol–water partition coefficient (Wildman–Crippen LogP) is 5.18. The van der Waals surface area contributed by atoms with Crippen molar-refractivity contribution < 1.29 is 31.5 Å². The summed E-state index contributed by atoms with van der Waals surface area (Å²) in [5.41, 5.74) is 1.87. The van der Waals surface area contributed by atoms with Gasteiger partial charge in [-0.25, -0.2) is 0 Å². The molecule has 1 aromatic rings. The average molecular weight is 490 g/mol. The van der Waals surface area contributed by atoms with Gasteiger partial charge >= 0.3 is 18.9 Å². The van der Waals surface area contributed by atoms with Crippen molar-refractivity contribution in [1.82, 2.24) is 0 Å². The standard InChI is InChI=1S/C28H45B2O3S.Li/c1-22-17-19-27(20-18-22)34(31,32)33-21-7-16-28(29-23-8-3-9-24(29)11-4-10-23)30(2)25-12-5-13-26(30)15-6-14-25;/h17-20,23-26,28H,3-16,21H2,1-2H3;/q-1;+1. The topological polar surface area (TPSA) is 43.4 Å². The van der Waals surface area contributed by atoms with Crippen LogP contribution in [0.1, 0.15) is 95.5 Å². The van der Waals surface area contributed by atoms with Gasteiger partial charge in [-0.2, -0.15) is 32.6 Å². The molecule has 0 saturated carbocycles. The third-order valence-electron chi connectivity index (χ3n) is 11.4. The monoisotopic (exact) mass is 490 g/mol. The van der Waals surface area contributed by atoms with E-state index in [2.05, 4.69) is 6.82 Å². The van der Waals surface area contributed by atoms with Crippen LogP contribution in [0.3, 0.4) is 0 Å². The van der Waals surface area contributed by atoms with Crippen LogP contribution in [0.15, 0.2) is 29.2 Å². The van der Waals surface area contributed by atoms with Crippen LogP contribution in [-0.2, 0) is 14.3 Å². The molecule has 4 aliphatic rings. The van der Waals surface area contributed by atoms with E-state index in [0.29, 0.717) is 6.61 Å². The van der Waals surface area contributed by atoms with Crippen molar-refractivity contribution in [2.75, 3.05) is 6.61 Å². The number of rotatable bonds is 8.